The molecule has 41 heavy (non-hydrogen) atoms. The van der Waals surface area contributed by atoms with Crippen molar-refractivity contribution in [3.8, 4) is 5.75 Å². The van der Waals surface area contributed by atoms with Gasteiger partial charge in [0, 0.05) is 23.8 Å². The van der Waals surface area contributed by atoms with E-state index in [2.05, 4.69) is 39.0 Å². The fourth-order valence-electron chi connectivity index (χ4n) is 6.83. The van der Waals surface area contributed by atoms with Gasteiger partial charge >= 0.3 is 0 Å². The van der Waals surface area contributed by atoms with E-state index in [1.54, 1.807) is 32.1 Å². The largest absolute Gasteiger partial charge is 0.496 e. The molecule has 1 fully saturated rings. The first kappa shape index (κ1) is 30.9. The molecule has 0 spiro atoms. The van der Waals surface area contributed by atoms with E-state index in [9.17, 15) is 19.2 Å². The average molecular weight is 559 g/mol. The number of hydrogen-bond acceptors (Lipinski definition) is 5. The van der Waals surface area contributed by atoms with E-state index >= 15 is 0 Å². The Balaban J connectivity index is 1.64. The van der Waals surface area contributed by atoms with Crippen LogP contribution in [-0.4, -0.2) is 30.2 Å². The lowest BCUT2D eigenvalue weighted by Gasteiger charge is -2.39. The van der Waals surface area contributed by atoms with E-state index in [1.807, 2.05) is 6.92 Å². The molecule has 4 rings (SSSR count). The highest BCUT2D eigenvalue weighted by Gasteiger charge is 2.40. The number of methoxy groups -OCH3 is 1. The zero-order valence-electron chi connectivity index (χ0n) is 25.8. The number of hydrogen-bond donors (Lipinski definition) is 0. The fraction of sp³-hybridized carbons (Fsp3) is 0.556. The maximum atomic E-state index is 14.2. The van der Waals surface area contributed by atoms with E-state index < -0.39 is 23.4 Å². The lowest BCUT2D eigenvalue weighted by Crippen LogP contribution is -2.34. The fourth-order valence-corrected chi connectivity index (χ4v) is 6.83. The van der Waals surface area contributed by atoms with Crippen LogP contribution in [0.4, 0.5) is 0 Å². The van der Waals surface area contributed by atoms with Crippen molar-refractivity contribution in [1.29, 1.82) is 0 Å². The van der Waals surface area contributed by atoms with Crippen LogP contribution in [0.25, 0.3) is 5.57 Å². The maximum absolute atomic E-state index is 14.2. The molecule has 5 nitrogen and oxygen atoms in total. The molecule has 3 aliphatic carbocycles. The summed E-state index contributed by atoms with van der Waals surface area (Å²) in [6, 6.07) is 3.47. The molecule has 0 aromatic heterocycles. The van der Waals surface area contributed by atoms with Crippen LogP contribution in [0.1, 0.15) is 107 Å². The minimum atomic E-state index is -0.623. The summed E-state index contributed by atoms with van der Waals surface area (Å²) in [4.78, 5) is 53.2. The second kappa shape index (κ2) is 12.8. The molecule has 0 saturated heterocycles. The standard InChI is InChI=1S/C36H46O5/c1-8-9-32(37)29-18-30(36(40)34(38)20(2)3)27-17-31(33(41-7)19-28(27)29)35(39)26-15-22(5)25(14-23(26)6)16-24-12-10-21(4)11-13-24/h10,12-13,17-23,25-26,29H,8-9,11,14-16H2,1-7H3/t21?,22?,23-,25?,26?,29?/m1/s1. The number of fused-ring (bicyclic) bond motifs is 1. The van der Waals surface area contributed by atoms with Crippen LogP contribution in [-0.2, 0) is 14.4 Å². The predicted molar refractivity (Wildman–Crippen MR) is 163 cm³/mol. The van der Waals surface area contributed by atoms with Gasteiger partial charge in [0.2, 0.25) is 11.6 Å². The summed E-state index contributed by atoms with van der Waals surface area (Å²) >= 11 is 0. The van der Waals surface area contributed by atoms with Gasteiger partial charge in [-0.25, -0.2) is 0 Å². The molecule has 0 amide bonds. The van der Waals surface area contributed by atoms with E-state index in [0.29, 0.717) is 53.0 Å². The van der Waals surface area contributed by atoms with Crippen LogP contribution < -0.4 is 4.74 Å². The lowest BCUT2D eigenvalue weighted by molar-refractivity contribution is -0.135. The Hall–Kier alpha value is -3.08. The molecule has 220 valence electrons. The molecule has 0 radical (unpaired) electrons. The Morgan fingerprint density at radius 3 is 2.37 bits per heavy atom. The second-order valence-electron chi connectivity index (χ2n) is 13.0. The topological polar surface area (TPSA) is 77.5 Å². The van der Waals surface area contributed by atoms with Gasteiger partial charge in [0.1, 0.15) is 11.5 Å². The van der Waals surface area contributed by atoms with Gasteiger partial charge in [0.25, 0.3) is 0 Å². The maximum Gasteiger partial charge on any atom is 0.229 e. The van der Waals surface area contributed by atoms with Crippen molar-refractivity contribution in [3.05, 3.63) is 58.7 Å². The van der Waals surface area contributed by atoms with E-state index in [1.165, 1.54) is 12.7 Å². The third kappa shape index (κ3) is 6.39. The van der Waals surface area contributed by atoms with Gasteiger partial charge in [0.05, 0.1) is 18.6 Å². The van der Waals surface area contributed by atoms with E-state index in [-0.39, 0.29) is 29.0 Å². The van der Waals surface area contributed by atoms with E-state index in [4.69, 9.17) is 4.74 Å². The van der Waals surface area contributed by atoms with Crippen molar-refractivity contribution in [1.82, 2.24) is 0 Å². The Bertz CT molecular complexity index is 1310. The van der Waals surface area contributed by atoms with Crippen molar-refractivity contribution in [3.63, 3.8) is 0 Å². The van der Waals surface area contributed by atoms with Gasteiger partial charge < -0.3 is 4.74 Å². The lowest BCUT2D eigenvalue weighted by atomic mass is 9.65. The number of carbonyl (C=O) groups is 4. The van der Waals surface area contributed by atoms with Crippen LogP contribution in [0.15, 0.2) is 42.0 Å². The second-order valence-corrected chi connectivity index (χ2v) is 13.0. The molecule has 1 saturated carbocycles. The summed E-state index contributed by atoms with van der Waals surface area (Å²) in [5.41, 5.74) is 3.23. The van der Waals surface area contributed by atoms with Gasteiger partial charge in [-0.15, -0.1) is 0 Å². The number of allylic oxidation sites excluding steroid dienone is 6. The van der Waals surface area contributed by atoms with Crippen molar-refractivity contribution in [2.75, 3.05) is 7.11 Å². The summed E-state index contributed by atoms with van der Waals surface area (Å²) in [6.07, 6.45) is 13.5. The molecule has 6 atom stereocenters. The van der Waals surface area contributed by atoms with Crippen LogP contribution >= 0.6 is 0 Å². The summed E-state index contributed by atoms with van der Waals surface area (Å²) in [5.74, 6) is -0.187. The predicted octanol–water partition coefficient (Wildman–Crippen LogP) is 7.73. The molecular weight excluding hydrogens is 512 g/mol. The van der Waals surface area contributed by atoms with Crippen LogP contribution in [0.3, 0.4) is 0 Å². The normalized spacial score (nSPS) is 27.2. The highest BCUT2D eigenvalue weighted by Crippen LogP contribution is 2.46. The summed E-state index contributed by atoms with van der Waals surface area (Å²) in [6.45, 7) is 12.0. The smallest absolute Gasteiger partial charge is 0.229 e. The molecule has 5 unspecified atom stereocenters. The zero-order valence-corrected chi connectivity index (χ0v) is 25.8. The highest BCUT2D eigenvalue weighted by molar-refractivity contribution is 6.55. The summed E-state index contributed by atoms with van der Waals surface area (Å²) in [5, 5.41) is 0. The first-order valence-corrected chi connectivity index (χ1v) is 15.4. The number of ketones is 4. The molecule has 1 aromatic carbocycles. The third-order valence-electron chi connectivity index (χ3n) is 9.45. The minimum Gasteiger partial charge on any atom is -0.496 e. The Labute approximate surface area is 245 Å². The van der Waals surface area contributed by atoms with Crippen molar-refractivity contribution in [2.45, 2.75) is 86.0 Å². The molecule has 0 N–H and O–H groups in total. The number of Topliss-reactive ketones (excluding diaryl/α,β-unsaturated/α-hetero) is 4. The number of rotatable bonds is 11. The Morgan fingerprint density at radius 2 is 1.76 bits per heavy atom. The van der Waals surface area contributed by atoms with Gasteiger partial charge in [-0.1, -0.05) is 71.4 Å². The van der Waals surface area contributed by atoms with Crippen LogP contribution in [0.5, 0.6) is 5.75 Å². The van der Waals surface area contributed by atoms with Crippen LogP contribution in [0.2, 0.25) is 0 Å². The average Bonchev–Trinajstić information content (AvgIpc) is 3.32. The number of ether oxygens (including phenoxy) is 1. The first-order chi connectivity index (χ1) is 19.5. The van der Waals surface area contributed by atoms with Gasteiger partial charge in [0.15, 0.2) is 5.78 Å². The third-order valence-corrected chi connectivity index (χ3v) is 9.45. The van der Waals surface area contributed by atoms with Crippen LogP contribution in [0, 0.1) is 35.5 Å². The SMILES string of the molecule is CCCC(=O)C1C=C(C(=O)C(=O)C(C)C)c2cc(C(=O)C3CC(C)C(CC4=CCC(C)C=C4)C[C@H]3C)c(OC)cc21. The molecule has 0 heterocycles. The Kier molecular flexibility index (Phi) is 9.66. The van der Waals surface area contributed by atoms with Gasteiger partial charge in [-0.3, -0.25) is 19.2 Å². The first-order valence-electron chi connectivity index (χ1n) is 15.4. The van der Waals surface area contributed by atoms with Crippen molar-refractivity contribution < 1.29 is 23.9 Å². The molecule has 5 heteroatoms. The molecular formula is C36H46O5. The van der Waals surface area contributed by atoms with Gasteiger partial charge in [-0.05, 0) is 79.0 Å². The van der Waals surface area contributed by atoms with Crippen molar-refractivity contribution >= 4 is 28.7 Å². The van der Waals surface area contributed by atoms with E-state index in [0.717, 1.165) is 25.7 Å². The van der Waals surface area contributed by atoms with Gasteiger partial charge in [-0.2, -0.15) is 0 Å². The monoisotopic (exact) mass is 558 g/mol. The Morgan fingerprint density at radius 1 is 1.02 bits per heavy atom. The summed E-state index contributed by atoms with van der Waals surface area (Å²) < 4.78 is 5.72. The van der Waals surface area contributed by atoms with Crippen molar-refractivity contribution in [2.24, 2.45) is 35.5 Å². The minimum absolute atomic E-state index is 0.00664. The number of benzene rings is 1. The summed E-state index contributed by atoms with van der Waals surface area (Å²) in [7, 11) is 1.54. The quantitative estimate of drug-likeness (QED) is 0.205. The molecule has 0 aliphatic heterocycles. The molecule has 3 aliphatic rings. The molecule has 1 aromatic rings. The zero-order chi connectivity index (χ0) is 30.0. The number of carbonyl (C=O) groups excluding carboxylic acids is 4. The molecule has 0 bridgehead atoms. The highest BCUT2D eigenvalue weighted by atomic mass is 16.5.